The third-order valence-electron chi connectivity index (χ3n) is 4.60. The first kappa shape index (κ1) is 20.0. The first-order chi connectivity index (χ1) is 10.2. The van der Waals surface area contributed by atoms with Gasteiger partial charge in [-0.1, -0.05) is 19.3 Å². The van der Waals surface area contributed by atoms with Crippen LogP contribution in [0.4, 0.5) is 0 Å². The maximum absolute atomic E-state index is 4.79. The minimum atomic E-state index is 0. The molecule has 0 spiro atoms. The van der Waals surface area contributed by atoms with Gasteiger partial charge in [0.25, 0.3) is 0 Å². The van der Waals surface area contributed by atoms with Gasteiger partial charge >= 0.3 is 0 Å². The quantitative estimate of drug-likeness (QED) is 0.376. The molecule has 0 amide bonds. The summed E-state index contributed by atoms with van der Waals surface area (Å²) in [4.78, 5) is 7.40. The fourth-order valence-corrected chi connectivity index (χ4v) is 3.31. The van der Waals surface area contributed by atoms with Gasteiger partial charge in [0.05, 0.1) is 6.54 Å². The van der Waals surface area contributed by atoms with Crippen LogP contribution < -0.4 is 10.6 Å². The van der Waals surface area contributed by atoms with Gasteiger partial charge < -0.3 is 10.6 Å². The Labute approximate surface area is 153 Å². The maximum Gasteiger partial charge on any atom is 0.191 e. The fraction of sp³-hybridized carbons (Fsp3) is 0.941. The van der Waals surface area contributed by atoms with Crippen molar-refractivity contribution in [2.75, 3.05) is 19.6 Å². The number of hydrogen-bond donors (Lipinski definition) is 2. The molecule has 4 nitrogen and oxygen atoms in total. The van der Waals surface area contributed by atoms with Crippen molar-refractivity contribution in [2.45, 2.75) is 83.8 Å². The molecule has 22 heavy (non-hydrogen) atoms. The fourth-order valence-electron chi connectivity index (χ4n) is 3.31. The van der Waals surface area contributed by atoms with Gasteiger partial charge in [0.2, 0.25) is 0 Å². The van der Waals surface area contributed by atoms with Crippen molar-refractivity contribution < 1.29 is 0 Å². The molecular weight excluding hydrogens is 387 g/mol. The molecule has 5 heteroatoms. The van der Waals surface area contributed by atoms with Gasteiger partial charge in [0.15, 0.2) is 5.96 Å². The summed E-state index contributed by atoms with van der Waals surface area (Å²) in [6, 6.07) is 2.09. The van der Waals surface area contributed by atoms with Gasteiger partial charge in [-0.15, -0.1) is 24.0 Å². The molecule has 0 atom stereocenters. The van der Waals surface area contributed by atoms with E-state index in [1.165, 1.54) is 44.9 Å². The number of rotatable bonds is 7. The Hall–Kier alpha value is -0.0400. The lowest BCUT2D eigenvalue weighted by molar-refractivity contribution is 0.218. The normalized spacial score (nSPS) is 20.1. The molecule has 0 aromatic rings. The highest BCUT2D eigenvalue weighted by molar-refractivity contribution is 14.0. The molecule has 2 N–H and O–H groups in total. The lowest BCUT2D eigenvalue weighted by Gasteiger charge is -2.27. The van der Waals surface area contributed by atoms with Crippen molar-refractivity contribution in [1.82, 2.24) is 15.5 Å². The topological polar surface area (TPSA) is 39.7 Å². The zero-order valence-electron chi connectivity index (χ0n) is 14.6. The number of guanidine groups is 1. The number of hydrogen-bond acceptors (Lipinski definition) is 2. The van der Waals surface area contributed by atoms with Crippen LogP contribution in [0.3, 0.4) is 0 Å². The molecule has 0 bridgehead atoms. The van der Waals surface area contributed by atoms with Crippen LogP contribution >= 0.6 is 24.0 Å². The number of aliphatic imine (C=N–C) groups is 1. The summed E-state index contributed by atoms with van der Waals surface area (Å²) in [5.74, 6) is 1.02. The maximum atomic E-state index is 4.79. The predicted molar refractivity (Wildman–Crippen MR) is 106 cm³/mol. The number of nitrogens with one attached hydrogen (secondary N) is 2. The molecule has 130 valence electrons. The third-order valence-corrected chi connectivity index (χ3v) is 4.60. The van der Waals surface area contributed by atoms with E-state index in [1.54, 1.807) is 0 Å². The third kappa shape index (κ3) is 7.02. The zero-order chi connectivity index (χ0) is 15.1. The van der Waals surface area contributed by atoms with Crippen molar-refractivity contribution >= 4 is 29.9 Å². The zero-order valence-corrected chi connectivity index (χ0v) is 16.9. The minimum absolute atomic E-state index is 0. The van der Waals surface area contributed by atoms with Gasteiger partial charge in [-0.2, -0.15) is 0 Å². The molecule has 0 saturated heterocycles. The summed E-state index contributed by atoms with van der Waals surface area (Å²) in [6.07, 6.45) is 9.47. The SMILES string of the molecule is CCNC(=NCCN(C(C)C)C1CC1)NC1CCCCC1.I. The van der Waals surface area contributed by atoms with E-state index in [4.69, 9.17) is 4.99 Å². The molecule has 2 aliphatic rings. The Morgan fingerprint density at radius 1 is 1.14 bits per heavy atom. The summed E-state index contributed by atoms with van der Waals surface area (Å²) < 4.78 is 0. The molecule has 0 aromatic carbocycles. The second kappa shape index (κ2) is 10.7. The number of nitrogens with zero attached hydrogens (tertiary/aromatic N) is 2. The van der Waals surface area contributed by atoms with Crippen molar-refractivity contribution in [1.29, 1.82) is 0 Å². The molecule has 0 heterocycles. The smallest absolute Gasteiger partial charge is 0.191 e. The van der Waals surface area contributed by atoms with E-state index < -0.39 is 0 Å². The highest BCUT2D eigenvalue weighted by atomic mass is 127. The van der Waals surface area contributed by atoms with Crippen molar-refractivity contribution in [3.05, 3.63) is 0 Å². The van der Waals surface area contributed by atoms with Gasteiger partial charge in [-0.25, -0.2) is 0 Å². The Morgan fingerprint density at radius 2 is 1.82 bits per heavy atom. The Kier molecular flexibility index (Phi) is 9.71. The minimum Gasteiger partial charge on any atom is -0.357 e. The highest BCUT2D eigenvalue weighted by Gasteiger charge is 2.30. The first-order valence-electron chi connectivity index (χ1n) is 9.01. The second-order valence-corrected chi connectivity index (χ2v) is 6.80. The van der Waals surface area contributed by atoms with Crippen molar-refractivity contribution in [3.63, 3.8) is 0 Å². The van der Waals surface area contributed by atoms with Crippen LogP contribution in [0.15, 0.2) is 4.99 Å². The summed E-state index contributed by atoms with van der Waals surface area (Å²) in [5, 5.41) is 7.02. The van der Waals surface area contributed by atoms with Crippen LogP contribution in [0.2, 0.25) is 0 Å². The van der Waals surface area contributed by atoms with Crippen molar-refractivity contribution in [2.24, 2.45) is 4.99 Å². The summed E-state index contributed by atoms with van der Waals surface area (Å²) in [7, 11) is 0. The predicted octanol–water partition coefficient (Wildman–Crippen LogP) is 3.37. The lowest BCUT2D eigenvalue weighted by Crippen LogP contribution is -2.44. The van der Waals surface area contributed by atoms with Crippen LogP contribution in [-0.2, 0) is 0 Å². The largest absolute Gasteiger partial charge is 0.357 e. The molecule has 2 rings (SSSR count). The van der Waals surface area contributed by atoms with Crippen LogP contribution in [-0.4, -0.2) is 48.6 Å². The van der Waals surface area contributed by atoms with Crippen LogP contribution in [0.25, 0.3) is 0 Å². The molecule has 0 aliphatic heterocycles. The molecule has 2 saturated carbocycles. The molecular formula is C17H35IN4. The monoisotopic (exact) mass is 422 g/mol. The van der Waals surface area contributed by atoms with E-state index in [0.29, 0.717) is 12.1 Å². The lowest BCUT2D eigenvalue weighted by atomic mass is 9.96. The van der Waals surface area contributed by atoms with E-state index in [0.717, 1.165) is 31.6 Å². The van der Waals surface area contributed by atoms with Gasteiger partial charge in [0.1, 0.15) is 0 Å². The van der Waals surface area contributed by atoms with Crippen LogP contribution in [0.1, 0.15) is 65.7 Å². The average Bonchev–Trinajstić information content (AvgIpc) is 3.29. The Balaban J connectivity index is 0.00000242. The summed E-state index contributed by atoms with van der Waals surface area (Å²) >= 11 is 0. The molecule has 2 aliphatic carbocycles. The molecule has 0 unspecified atom stereocenters. The average molecular weight is 422 g/mol. The first-order valence-corrected chi connectivity index (χ1v) is 9.01. The van der Waals surface area contributed by atoms with Crippen LogP contribution in [0, 0.1) is 0 Å². The van der Waals surface area contributed by atoms with Gasteiger partial charge in [0, 0.05) is 31.2 Å². The number of halogens is 1. The summed E-state index contributed by atoms with van der Waals surface area (Å²) in [6.45, 7) is 9.67. The van der Waals surface area contributed by atoms with E-state index in [1.807, 2.05) is 0 Å². The highest BCUT2D eigenvalue weighted by Crippen LogP contribution is 2.28. The van der Waals surface area contributed by atoms with Crippen LogP contribution in [0.5, 0.6) is 0 Å². The van der Waals surface area contributed by atoms with E-state index in [9.17, 15) is 0 Å². The molecule has 2 fully saturated rings. The van der Waals surface area contributed by atoms with E-state index in [2.05, 4.69) is 36.3 Å². The van der Waals surface area contributed by atoms with Crippen molar-refractivity contribution in [3.8, 4) is 0 Å². The Bertz CT molecular complexity index is 321. The molecule has 0 aromatic heterocycles. The van der Waals surface area contributed by atoms with Gasteiger partial charge in [-0.3, -0.25) is 9.89 Å². The van der Waals surface area contributed by atoms with E-state index in [-0.39, 0.29) is 24.0 Å². The summed E-state index contributed by atoms with van der Waals surface area (Å²) in [5.41, 5.74) is 0. The standard InChI is InChI=1S/C17H34N4.HI/c1-4-18-17(20-15-8-6-5-7-9-15)19-12-13-21(14(2)3)16-10-11-16;/h14-16H,4-13H2,1-3H3,(H2,18,19,20);1H. The Morgan fingerprint density at radius 3 is 2.36 bits per heavy atom. The van der Waals surface area contributed by atoms with Gasteiger partial charge in [-0.05, 0) is 46.5 Å². The van der Waals surface area contributed by atoms with E-state index >= 15 is 0 Å². The molecule has 0 radical (unpaired) electrons. The second-order valence-electron chi connectivity index (χ2n) is 6.80.